The number of benzene rings is 2. The highest BCUT2D eigenvalue weighted by Gasteiger charge is 2.28. The first-order chi connectivity index (χ1) is 16.8. The number of anilines is 1. The van der Waals surface area contributed by atoms with Crippen LogP contribution in [0.2, 0.25) is 0 Å². The minimum absolute atomic E-state index is 0.147. The zero-order chi connectivity index (χ0) is 25.4. The standard InChI is InChI=1S/C25H28FN3O5S/c1-6-32-24(30)21-22(16(2)3)27-25(29(4)35-34-31-5)28-23(21)19-13-12-18(26)14-20(19)33-15-17-10-8-7-9-11-17/h7-14,16H,6,15H2,1-5H3. The number of hydrogen-bond donors (Lipinski definition) is 0. The van der Waals surface area contributed by atoms with Gasteiger partial charge in [0, 0.05) is 18.7 Å². The Morgan fingerprint density at radius 1 is 1.14 bits per heavy atom. The van der Waals surface area contributed by atoms with E-state index in [9.17, 15) is 9.18 Å². The van der Waals surface area contributed by atoms with Crippen molar-refractivity contribution < 1.29 is 27.9 Å². The SMILES string of the molecule is CCOC(=O)c1c(-c2ccc(F)cc2OCc2ccccc2)nc(N(C)SOOC)nc1C(C)C. The van der Waals surface area contributed by atoms with Gasteiger partial charge in [-0.2, -0.15) is 0 Å². The summed E-state index contributed by atoms with van der Waals surface area (Å²) >= 11 is 0.871. The van der Waals surface area contributed by atoms with E-state index in [4.69, 9.17) is 13.8 Å². The van der Waals surface area contributed by atoms with Gasteiger partial charge in [0.15, 0.2) is 12.2 Å². The van der Waals surface area contributed by atoms with Crippen molar-refractivity contribution in [2.45, 2.75) is 33.3 Å². The Kier molecular flexibility index (Phi) is 9.41. The molecule has 0 N–H and O–H groups in total. The maximum Gasteiger partial charge on any atom is 0.342 e. The molecular weight excluding hydrogens is 473 g/mol. The molecule has 3 rings (SSSR count). The summed E-state index contributed by atoms with van der Waals surface area (Å²) < 4.78 is 32.1. The van der Waals surface area contributed by atoms with Crippen LogP contribution >= 0.6 is 12.2 Å². The second-order valence-corrected chi connectivity index (χ2v) is 8.56. The van der Waals surface area contributed by atoms with Gasteiger partial charge in [-0.15, -0.1) is 4.33 Å². The molecule has 10 heteroatoms. The average Bonchev–Trinajstić information content (AvgIpc) is 2.86. The highest BCUT2D eigenvalue weighted by molar-refractivity contribution is 7.95. The van der Waals surface area contributed by atoms with Gasteiger partial charge in [0.1, 0.15) is 23.7 Å². The van der Waals surface area contributed by atoms with Crippen LogP contribution in [0.15, 0.2) is 48.5 Å². The molecule has 0 spiro atoms. The predicted molar refractivity (Wildman–Crippen MR) is 132 cm³/mol. The minimum atomic E-state index is -0.570. The summed E-state index contributed by atoms with van der Waals surface area (Å²) in [7, 11) is 3.07. The maximum absolute atomic E-state index is 14.3. The third kappa shape index (κ3) is 6.68. The van der Waals surface area contributed by atoms with Crippen LogP contribution in [-0.2, 0) is 20.6 Å². The van der Waals surface area contributed by atoms with Gasteiger partial charge >= 0.3 is 5.97 Å². The van der Waals surface area contributed by atoms with Crippen molar-refractivity contribution in [1.29, 1.82) is 0 Å². The molecule has 0 aliphatic heterocycles. The Balaban J connectivity index is 2.18. The number of ether oxygens (including phenoxy) is 2. The normalized spacial score (nSPS) is 10.9. The highest BCUT2D eigenvalue weighted by Crippen LogP contribution is 2.37. The first kappa shape index (κ1) is 26.4. The number of halogens is 1. The fraction of sp³-hybridized carbons (Fsp3) is 0.320. The minimum Gasteiger partial charge on any atom is -0.488 e. The molecule has 186 valence electrons. The molecule has 0 unspecified atom stereocenters. The van der Waals surface area contributed by atoms with Gasteiger partial charge < -0.3 is 9.47 Å². The van der Waals surface area contributed by atoms with Gasteiger partial charge in [-0.1, -0.05) is 44.2 Å². The third-order valence-electron chi connectivity index (χ3n) is 4.88. The van der Waals surface area contributed by atoms with Crippen molar-refractivity contribution in [3.05, 3.63) is 71.2 Å². The number of nitrogens with zero attached hydrogens (tertiary/aromatic N) is 3. The lowest BCUT2D eigenvalue weighted by Gasteiger charge is -2.21. The quantitative estimate of drug-likeness (QED) is 0.107. The van der Waals surface area contributed by atoms with E-state index in [1.165, 1.54) is 25.3 Å². The van der Waals surface area contributed by atoms with E-state index >= 15 is 0 Å². The molecule has 1 aromatic heterocycles. The monoisotopic (exact) mass is 501 g/mol. The van der Waals surface area contributed by atoms with Crippen LogP contribution in [0.3, 0.4) is 0 Å². The van der Waals surface area contributed by atoms with Crippen molar-refractivity contribution >= 4 is 24.1 Å². The van der Waals surface area contributed by atoms with E-state index < -0.39 is 11.8 Å². The van der Waals surface area contributed by atoms with Crippen LogP contribution in [0.1, 0.15) is 48.3 Å². The molecule has 0 fully saturated rings. The van der Waals surface area contributed by atoms with Gasteiger partial charge in [0.2, 0.25) is 5.95 Å². The van der Waals surface area contributed by atoms with Crippen LogP contribution in [0, 0.1) is 5.82 Å². The lowest BCUT2D eigenvalue weighted by Crippen LogP contribution is -2.19. The fourth-order valence-corrected chi connectivity index (χ4v) is 3.58. The molecule has 2 aromatic carbocycles. The summed E-state index contributed by atoms with van der Waals surface area (Å²) in [6, 6.07) is 13.6. The summed E-state index contributed by atoms with van der Waals surface area (Å²) in [5, 5.41) is 0. The summed E-state index contributed by atoms with van der Waals surface area (Å²) in [4.78, 5) is 27.0. The zero-order valence-corrected chi connectivity index (χ0v) is 21.1. The van der Waals surface area contributed by atoms with Crippen molar-refractivity contribution in [2.24, 2.45) is 0 Å². The Hall–Kier alpha value is -3.21. The third-order valence-corrected chi connectivity index (χ3v) is 5.46. The van der Waals surface area contributed by atoms with E-state index in [-0.39, 0.29) is 42.1 Å². The smallest absolute Gasteiger partial charge is 0.342 e. The summed E-state index contributed by atoms with van der Waals surface area (Å²) in [6.45, 7) is 5.93. The Morgan fingerprint density at radius 2 is 1.89 bits per heavy atom. The first-order valence-electron chi connectivity index (χ1n) is 11.0. The molecule has 0 atom stereocenters. The van der Waals surface area contributed by atoms with Crippen molar-refractivity contribution in [3.8, 4) is 17.0 Å². The van der Waals surface area contributed by atoms with Crippen LogP contribution in [0.25, 0.3) is 11.3 Å². The van der Waals surface area contributed by atoms with E-state index in [1.807, 2.05) is 44.2 Å². The van der Waals surface area contributed by atoms with E-state index in [0.29, 0.717) is 11.3 Å². The molecule has 0 amide bonds. The molecule has 0 radical (unpaired) electrons. The summed E-state index contributed by atoms with van der Waals surface area (Å²) in [5.41, 5.74) is 2.29. The van der Waals surface area contributed by atoms with Crippen molar-refractivity contribution in [1.82, 2.24) is 9.97 Å². The Labute approximate surface area is 208 Å². The molecule has 8 nitrogen and oxygen atoms in total. The van der Waals surface area contributed by atoms with Crippen LogP contribution in [0.4, 0.5) is 10.3 Å². The molecule has 35 heavy (non-hydrogen) atoms. The van der Waals surface area contributed by atoms with Gasteiger partial charge in [-0.05, 0) is 30.5 Å². The number of carbonyl (C=O) groups is 1. The van der Waals surface area contributed by atoms with E-state index in [0.717, 1.165) is 17.8 Å². The average molecular weight is 502 g/mol. The number of aromatic nitrogens is 2. The molecular formula is C25H28FN3O5S. The Morgan fingerprint density at radius 3 is 2.54 bits per heavy atom. The lowest BCUT2D eigenvalue weighted by molar-refractivity contribution is -0.160. The van der Waals surface area contributed by atoms with Gasteiger partial charge in [0.05, 0.1) is 25.1 Å². The molecule has 0 bridgehead atoms. The molecule has 0 aliphatic carbocycles. The van der Waals surface area contributed by atoms with Crippen LogP contribution in [0.5, 0.6) is 5.75 Å². The number of rotatable bonds is 11. The largest absolute Gasteiger partial charge is 0.488 e. The van der Waals surface area contributed by atoms with Crippen molar-refractivity contribution in [2.75, 3.05) is 25.1 Å². The topological polar surface area (TPSA) is 83.0 Å². The zero-order valence-electron chi connectivity index (χ0n) is 20.3. The maximum atomic E-state index is 14.3. The van der Waals surface area contributed by atoms with Crippen molar-refractivity contribution in [3.63, 3.8) is 0 Å². The molecule has 3 aromatic rings. The predicted octanol–water partition coefficient (Wildman–Crippen LogP) is 5.74. The van der Waals surface area contributed by atoms with Crippen LogP contribution < -0.4 is 9.04 Å². The second kappa shape index (κ2) is 12.5. The lowest BCUT2D eigenvalue weighted by atomic mass is 9.98. The van der Waals surface area contributed by atoms with Gasteiger partial charge in [-0.3, -0.25) is 4.31 Å². The fourth-order valence-electron chi connectivity index (χ4n) is 3.28. The molecule has 0 saturated heterocycles. The first-order valence-corrected chi connectivity index (χ1v) is 11.7. The molecule has 1 heterocycles. The Bertz CT molecular complexity index is 1150. The van der Waals surface area contributed by atoms with E-state index in [1.54, 1.807) is 18.3 Å². The molecule has 0 aliphatic rings. The van der Waals surface area contributed by atoms with Gasteiger partial charge in [-0.25, -0.2) is 24.0 Å². The number of hydrogen-bond acceptors (Lipinski definition) is 9. The van der Waals surface area contributed by atoms with Crippen LogP contribution in [-0.4, -0.2) is 36.7 Å². The van der Waals surface area contributed by atoms with Gasteiger partial charge in [0.25, 0.3) is 0 Å². The summed E-state index contributed by atoms with van der Waals surface area (Å²) in [5.74, 6) is -0.696. The van der Waals surface area contributed by atoms with E-state index in [2.05, 4.69) is 14.9 Å². The highest BCUT2D eigenvalue weighted by atomic mass is 32.2. The number of esters is 1. The summed E-state index contributed by atoms with van der Waals surface area (Å²) in [6.07, 6.45) is 0. The second-order valence-electron chi connectivity index (χ2n) is 7.73. The molecule has 0 saturated carbocycles. The number of carbonyl (C=O) groups excluding carboxylic acids is 1.